The standard InChI is InChI=1S/C63H71F3N9O13P/c1-40(2)74(41(3)4)89(84-35-16-32-67)88-55-51(38-83-62(42-18-10-7-11-19-42,43-24-28-47(81-5)29-25-43)44-26-30-48(82-6)31-27-44)86-58(54(55)78)75(52-36-49(77)50(37-76)85-52)39-70-53-56(75)71-60(69-34-17-33-68-59(79)63(64,65)66)72-57(53)87-61(80)73(45-20-12-8-13-21-45)46-22-14-9-15-23-46/h7-15,18-31,39-41,49-52,54-55,58,76-78H,16-17,33-38H2,1-6H3,(H-,68,69,71,72,79)/p+1/t49-,50+,51+,52-,54+,55+,58+,75?,89?/m0/s1. The van der Waals surface area contributed by atoms with E-state index in [0.717, 1.165) is 0 Å². The number of aromatic nitrogens is 2. The van der Waals surface area contributed by atoms with Crippen LogP contribution in [0.3, 0.4) is 0 Å². The lowest BCUT2D eigenvalue weighted by atomic mass is 9.80. The summed E-state index contributed by atoms with van der Waals surface area (Å²) in [6.45, 7) is 6.26. The number of anilines is 3. The summed E-state index contributed by atoms with van der Waals surface area (Å²) in [6, 6.07) is 43.3. The number of aliphatic hydroxyl groups excluding tert-OH is 3. The number of nitrogens with zero attached hydrogens (tertiary/aromatic N) is 7. The highest BCUT2D eigenvalue weighted by Crippen LogP contribution is 2.54. The van der Waals surface area contributed by atoms with E-state index in [1.165, 1.54) is 11.2 Å². The maximum atomic E-state index is 14.9. The average molecular weight is 1250 g/mol. The molecule has 472 valence electrons. The van der Waals surface area contributed by atoms with E-state index in [1.54, 1.807) is 74.9 Å². The van der Waals surface area contributed by atoms with Crippen molar-refractivity contribution in [1.29, 1.82) is 5.26 Å². The molecule has 3 aliphatic rings. The molecule has 0 bridgehead atoms. The van der Waals surface area contributed by atoms with Gasteiger partial charge >= 0.3 is 18.2 Å². The number of aliphatic imine (C=N–C) groups is 1. The lowest BCUT2D eigenvalue weighted by molar-refractivity contribution is -0.173. The predicted octanol–water partition coefficient (Wildman–Crippen LogP) is 9.52. The van der Waals surface area contributed by atoms with Crippen LogP contribution in [0.5, 0.6) is 17.4 Å². The number of hydrogen-bond donors (Lipinski definition) is 5. The normalized spacial score (nSPS) is 21.8. The smallest absolute Gasteiger partial charge is 0.471 e. The number of carbonyl (C=O) groups is 2. The highest BCUT2D eigenvalue weighted by molar-refractivity contribution is 7.44. The number of rotatable bonds is 27. The molecule has 5 N–H and O–H groups in total. The number of halogens is 3. The summed E-state index contributed by atoms with van der Waals surface area (Å²) < 4.78 is 93.2. The van der Waals surface area contributed by atoms with E-state index in [4.69, 9.17) is 47.4 Å². The van der Waals surface area contributed by atoms with E-state index in [1.807, 2.05) is 117 Å². The van der Waals surface area contributed by atoms with Gasteiger partial charge in [-0.2, -0.15) is 37.9 Å². The average Bonchev–Trinajstić information content (AvgIpc) is 1.60. The highest BCUT2D eigenvalue weighted by atomic mass is 31.2. The third-order valence-electron chi connectivity index (χ3n) is 15.3. The number of fused-ring (bicyclic) bond motifs is 1. The minimum Gasteiger partial charge on any atom is -0.497 e. The van der Waals surface area contributed by atoms with Crippen molar-refractivity contribution in [2.75, 3.05) is 57.3 Å². The SMILES string of the molecule is COc1ccc(C(OC[C@H]2O[C@@H]([N+]3([C@@H]4C[C@H](O)[C@@H](CO)O4)C=Nc4c(OC(=O)N(c5ccccc5)c5ccccc5)nc(NCCCNC(=O)C(F)(F)F)nc43)[C@H](O)[C@@H]2OP(OCCC#N)N(C(C)C)C(C)C)(c2ccccc2)c2ccc(OC)cc2)cc1. The van der Waals surface area contributed by atoms with Crippen LogP contribution in [-0.4, -0.2) is 157 Å². The molecule has 2 amide bonds. The Hall–Kier alpha value is -7.70. The van der Waals surface area contributed by atoms with Crippen LogP contribution in [0, 0.1) is 11.3 Å². The second-order valence-corrected chi connectivity index (χ2v) is 23.0. The quantitative estimate of drug-likeness (QED) is 0.0139. The monoisotopic (exact) mass is 1250 g/mol. The molecule has 2 fully saturated rings. The van der Waals surface area contributed by atoms with Crippen LogP contribution in [-0.2, 0) is 33.7 Å². The number of nitrogens with one attached hydrogen (secondary N) is 2. The first-order valence-electron chi connectivity index (χ1n) is 29.0. The number of methoxy groups -OCH3 is 2. The Balaban J connectivity index is 1.21. The fraction of sp³-hybridized carbons (Fsp3) is 0.397. The molecule has 89 heavy (non-hydrogen) atoms. The molecule has 6 aromatic rings. The first-order chi connectivity index (χ1) is 42.9. The van der Waals surface area contributed by atoms with Gasteiger partial charge in [-0.15, -0.1) is 0 Å². The molecule has 9 atom stereocenters. The predicted molar refractivity (Wildman–Crippen MR) is 325 cm³/mol. The van der Waals surface area contributed by atoms with Crippen LogP contribution < -0.4 is 34.2 Å². The van der Waals surface area contributed by atoms with Crippen LogP contribution in [0.4, 0.5) is 46.8 Å². The summed E-state index contributed by atoms with van der Waals surface area (Å²) in [5, 5.41) is 50.4. The molecule has 2 unspecified atom stereocenters. The molecule has 9 rings (SSSR count). The summed E-state index contributed by atoms with van der Waals surface area (Å²) >= 11 is 0. The van der Waals surface area contributed by atoms with Crippen LogP contribution in [0.2, 0.25) is 0 Å². The number of ether oxygens (including phenoxy) is 6. The number of carbonyl (C=O) groups excluding carboxylic acids is 2. The van der Waals surface area contributed by atoms with Crippen molar-refractivity contribution in [2.45, 2.75) is 114 Å². The molecule has 3 aliphatic heterocycles. The van der Waals surface area contributed by atoms with Crippen LogP contribution in [0.25, 0.3) is 0 Å². The topological polar surface area (TPSA) is 261 Å². The zero-order valence-corrected chi connectivity index (χ0v) is 50.7. The maximum Gasteiger partial charge on any atom is 0.471 e. The molecule has 0 spiro atoms. The third kappa shape index (κ3) is 14.3. The van der Waals surface area contributed by atoms with Gasteiger partial charge in [-0.3, -0.25) is 4.79 Å². The first kappa shape index (κ1) is 65.7. The third-order valence-corrected chi connectivity index (χ3v) is 17.4. The number of nitriles is 1. The highest BCUT2D eigenvalue weighted by Gasteiger charge is 2.65. The van der Waals surface area contributed by atoms with Crippen LogP contribution in [0.15, 0.2) is 145 Å². The molecular formula is C63H72F3N9O13P+. The van der Waals surface area contributed by atoms with Gasteiger partial charge in [0.25, 0.3) is 20.2 Å². The molecule has 4 heterocycles. The Labute approximate surface area is 514 Å². The van der Waals surface area contributed by atoms with Gasteiger partial charge in [-0.1, -0.05) is 91.0 Å². The minimum atomic E-state index is -5.12. The van der Waals surface area contributed by atoms with Gasteiger partial charge in [0.1, 0.15) is 35.4 Å². The van der Waals surface area contributed by atoms with E-state index in [0.29, 0.717) is 39.6 Å². The maximum absolute atomic E-state index is 14.9. The van der Waals surface area contributed by atoms with Crippen molar-refractivity contribution in [3.05, 3.63) is 156 Å². The summed E-state index contributed by atoms with van der Waals surface area (Å²) in [4.78, 5) is 42.4. The van der Waals surface area contributed by atoms with Crippen molar-refractivity contribution in [3.63, 3.8) is 0 Å². The van der Waals surface area contributed by atoms with Crippen molar-refractivity contribution < 1.29 is 75.5 Å². The summed E-state index contributed by atoms with van der Waals surface area (Å²) in [6.07, 6.45) is -14.8. The molecule has 1 aromatic heterocycles. The van der Waals surface area contributed by atoms with Gasteiger partial charge in [0, 0.05) is 25.2 Å². The van der Waals surface area contributed by atoms with E-state index in [-0.39, 0.29) is 68.6 Å². The summed E-state index contributed by atoms with van der Waals surface area (Å²) in [5.74, 6) is -1.76. The van der Waals surface area contributed by atoms with Crippen LogP contribution >= 0.6 is 8.53 Å². The Morgan fingerprint density at radius 1 is 0.798 bits per heavy atom. The molecular weight excluding hydrogens is 1180 g/mol. The number of quaternary nitrogens is 1. The molecule has 5 aromatic carbocycles. The summed E-state index contributed by atoms with van der Waals surface area (Å²) in [5.41, 5.74) is 1.26. The number of amides is 2. The first-order valence-corrected chi connectivity index (χ1v) is 30.1. The Kier molecular flexibility index (Phi) is 21.6. The van der Waals surface area contributed by atoms with Gasteiger partial charge in [-0.05, 0) is 99.3 Å². The van der Waals surface area contributed by atoms with Gasteiger partial charge in [-0.25, -0.2) is 14.4 Å². The largest absolute Gasteiger partial charge is 0.497 e. The zero-order chi connectivity index (χ0) is 63.5. The number of para-hydroxylation sites is 2. The van der Waals surface area contributed by atoms with Gasteiger partial charge in [0.05, 0.1) is 70.4 Å². The van der Waals surface area contributed by atoms with Crippen molar-refractivity contribution in [1.82, 2.24) is 24.4 Å². The van der Waals surface area contributed by atoms with Crippen molar-refractivity contribution in [3.8, 4) is 23.4 Å². The molecule has 0 aliphatic carbocycles. The Morgan fingerprint density at radius 2 is 1.37 bits per heavy atom. The van der Waals surface area contributed by atoms with Gasteiger partial charge < -0.3 is 63.4 Å². The molecule has 0 saturated carbocycles. The Bertz CT molecular complexity index is 3280. The molecule has 26 heteroatoms. The Morgan fingerprint density at radius 3 is 1.90 bits per heavy atom. The second-order valence-electron chi connectivity index (χ2n) is 21.6. The van der Waals surface area contributed by atoms with Gasteiger partial charge in [0.15, 0.2) is 6.10 Å². The second kappa shape index (κ2) is 29.3. The van der Waals surface area contributed by atoms with E-state index in [9.17, 15) is 43.3 Å². The number of hydrogen-bond acceptors (Lipinski definition) is 19. The van der Waals surface area contributed by atoms with E-state index < -0.39 is 98.8 Å². The zero-order valence-electron chi connectivity index (χ0n) is 49.8. The summed E-state index contributed by atoms with van der Waals surface area (Å²) in [7, 11) is 0.980. The minimum absolute atomic E-state index is 0.00861. The van der Waals surface area contributed by atoms with Crippen LogP contribution in [0.1, 0.15) is 63.6 Å². The number of benzene rings is 5. The molecule has 22 nitrogen and oxygen atoms in total. The molecule has 2 saturated heterocycles. The van der Waals surface area contributed by atoms with Crippen molar-refractivity contribution in [2.24, 2.45) is 4.99 Å². The van der Waals surface area contributed by atoms with Gasteiger partial charge in [0.2, 0.25) is 30.4 Å². The fourth-order valence-electron chi connectivity index (χ4n) is 11.1. The van der Waals surface area contributed by atoms with E-state index >= 15 is 0 Å². The lowest BCUT2D eigenvalue weighted by Crippen LogP contribution is -2.65. The number of alkyl halides is 3. The fourth-order valence-corrected chi connectivity index (χ4v) is 12.9. The van der Waals surface area contributed by atoms with E-state index in [2.05, 4.69) is 16.4 Å². The molecule has 0 radical (unpaired) electrons. The van der Waals surface area contributed by atoms with Crippen molar-refractivity contribution >= 4 is 55.7 Å². The lowest BCUT2D eigenvalue weighted by Gasteiger charge is -2.40. The number of aliphatic hydroxyl groups is 3.